The van der Waals surface area contributed by atoms with Crippen molar-refractivity contribution in [2.45, 2.75) is 36.6 Å². The maximum Gasteiger partial charge on any atom is 0.338 e. The molecule has 0 amide bonds. The average molecular weight is 384 g/mol. The van der Waals surface area contributed by atoms with Crippen LogP contribution >= 0.6 is 11.3 Å². The molecule has 2 aromatic heterocycles. The first-order valence-corrected chi connectivity index (χ1v) is 10.2. The fourth-order valence-corrected chi connectivity index (χ4v) is 6.21. The number of aromatic carboxylic acids is 1. The summed E-state index contributed by atoms with van der Waals surface area (Å²) in [6.07, 6.45) is 2.64. The number of thiophene rings is 1. The molecule has 1 aliphatic rings. The minimum absolute atomic E-state index is 0.0890. The molecule has 136 valence electrons. The molecule has 0 spiro atoms. The smallest absolute Gasteiger partial charge is 0.338 e. The van der Waals surface area contributed by atoms with Gasteiger partial charge in [-0.05, 0) is 31.0 Å². The molecule has 0 aromatic carbocycles. The lowest BCUT2D eigenvalue weighted by atomic mass is 10.1. The Kier molecular flexibility index (Phi) is 4.96. The van der Waals surface area contributed by atoms with Crippen LogP contribution in [-0.4, -0.2) is 35.8 Å². The number of nitrogens with zero attached hydrogens (tertiary/aromatic N) is 2. The second kappa shape index (κ2) is 6.87. The van der Waals surface area contributed by atoms with Crippen LogP contribution in [0.4, 0.5) is 0 Å². The van der Waals surface area contributed by atoms with Gasteiger partial charge in [0.15, 0.2) is 0 Å². The molecule has 8 nitrogen and oxygen atoms in total. The van der Waals surface area contributed by atoms with Gasteiger partial charge in [-0.25, -0.2) is 17.9 Å². The Morgan fingerprint density at radius 2 is 2.32 bits per heavy atom. The van der Waals surface area contributed by atoms with E-state index in [1.54, 1.807) is 24.0 Å². The van der Waals surface area contributed by atoms with Crippen molar-refractivity contribution in [1.82, 2.24) is 19.8 Å². The van der Waals surface area contributed by atoms with E-state index >= 15 is 0 Å². The van der Waals surface area contributed by atoms with Crippen LogP contribution in [0.15, 0.2) is 16.5 Å². The van der Waals surface area contributed by atoms with Crippen LogP contribution in [0.2, 0.25) is 0 Å². The summed E-state index contributed by atoms with van der Waals surface area (Å²) in [4.78, 5) is 12.5. The number of hydrogen-bond acceptors (Lipinski definition) is 6. The monoisotopic (exact) mass is 384 g/mol. The molecule has 0 saturated carbocycles. The van der Waals surface area contributed by atoms with Crippen molar-refractivity contribution in [3.05, 3.63) is 34.0 Å². The molecule has 0 bridgehead atoms. The fourth-order valence-electron chi connectivity index (χ4n) is 3.03. The molecule has 0 fully saturated rings. The molecule has 0 radical (unpaired) electrons. The number of carboxylic acid groups (broad SMARTS) is 1. The van der Waals surface area contributed by atoms with Gasteiger partial charge >= 0.3 is 5.97 Å². The van der Waals surface area contributed by atoms with E-state index in [0.717, 1.165) is 21.9 Å². The van der Waals surface area contributed by atoms with Crippen LogP contribution in [0.1, 0.15) is 45.9 Å². The predicted octanol–water partition coefficient (Wildman–Crippen LogP) is 1.26. The summed E-state index contributed by atoms with van der Waals surface area (Å²) < 4.78 is 30.0. The molecule has 1 unspecified atom stereocenters. The van der Waals surface area contributed by atoms with E-state index in [9.17, 15) is 18.3 Å². The molecule has 0 saturated heterocycles. The molecule has 25 heavy (non-hydrogen) atoms. The van der Waals surface area contributed by atoms with Gasteiger partial charge in [-0.2, -0.15) is 5.10 Å². The predicted molar refractivity (Wildman–Crippen MR) is 93.3 cm³/mol. The van der Waals surface area contributed by atoms with Crippen molar-refractivity contribution in [2.24, 2.45) is 7.05 Å². The van der Waals surface area contributed by atoms with E-state index < -0.39 is 22.0 Å². The third kappa shape index (κ3) is 3.34. The molecule has 2 aromatic rings. The topological polar surface area (TPSA) is 113 Å². The number of carboxylic acids is 1. The number of hydrogen-bond donors (Lipinski definition) is 3. The van der Waals surface area contributed by atoms with Crippen LogP contribution in [0, 0.1) is 0 Å². The quantitative estimate of drug-likeness (QED) is 0.691. The zero-order chi connectivity index (χ0) is 18.2. The van der Waals surface area contributed by atoms with E-state index in [-0.39, 0.29) is 9.77 Å². The lowest BCUT2D eigenvalue weighted by Crippen LogP contribution is -2.30. The molecule has 1 atom stereocenters. The standard InChI is InChI=1S/C15H20N4O4S2/c1-3-10(11-5-7-17-19(11)2)18-25(22,23)15-13(14(20)21)9-4-6-16-8-12(9)24-15/h5,7,10,16,18H,3-4,6,8H2,1-2H3,(H,20,21). The van der Waals surface area contributed by atoms with E-state index in [1.807, 2.05) is 6.92 Å². The van der Waals surface area contributed by atoms with Crippen molar-refractivity contribution >= 4 is 27.3 Å². The average Bonchev–Trinajstić information content (AvgIpc) is 3.16. The molecule has 0 aliphatic carbocycles. The first-order chi connectivity index (χ1) is 11.8. The number of rotatable bonds is 6. The summed E-state index contributed by atoms with van der Waals surface area (Å²) in [7, 11) is -2.22. The van der Waals surface area contributed by atoms with E-state index in [4.69, 9.17) is 0 Å². The van der Waals surface area contributed by atoms with Gasteiger partial charge < -0.3 is 10.4 Å². The van der Waals surface area contributed by atoms with Gasteiger partial charge in [0, 0.05) is 24.7 Å². The van der Waals surface area contributed by atoms with Gasteiger partial charge in [-0.1, -0.05) is 6.92 Å². The molecule has 10 heteroatoms. The highest BCUT2D eigenvalue weighted by molar-refractivity contribution is 7.91. The van der Waals surface area contributed by atoms with Gasteiger partial charge in [0.1, 0.15) is 4.21 Å². The van der Waals surface area contributed by atoms with Gasteiger partial charge in [0.25, 0.3) is 10.0 Å². The minimum Gasteiger partial charge on any atom is -0.478 e. The van der Waals surface area contributed by atoms with Crippen molar-refractivity contribution in [1.29, 1.82) is 0 Å². The zero-order valence-corrected chi connectivity index (χ0v) is 15.6. The Morgan fingerprint density at radius 1 is 1.56 bits per heavy atom. The maximum atomic E-state index is 12.9. The highest BCUT2D eigenvalue weighted by atomic mass is 32.2. The van der Waals surface area contributed by atoms with Crippen molar-refractivity contribution < 1.29 is 18.3 Å². The highest BCUT2D eigenvalue weighted by Crippen LogP contribution is 2.35. The second-order valence-corrected chi connectivity index (χ2v) is 8.87. The number of aromatic nitrogens is 2. The Balaban J connectivity index is 2.01. The van der Waals surface area contributed by atoms with Gasteiger partial charge in [-0.15, -0.1) is 11.3 Å². The summed E-state index contributed by atoms with van der Waals surface area (Å²) in [5.41, 5.74) is 1.27. The van der Waals surface area contributed by atoms with Crippen LogP contribution in [0.5, 0.6) is 0 Å². The molecule has 1 aliphatic heterocycles. The number of fused-ring (bicyclic) bond motifs is 1. The summed E-state index contributed by atoms with van der Waals surface area (Å²) in [5, 5.41) is 16.8. The Morgan fingerprint density at radius 3 is 2.92 bits per heavy atom. The largest absolute Gasteiger partial charge is 0.478 e. The highest BCUT2D eigenvalue weighted by Gasteiger charge is 2.33. The Hall–Kier alpha value is -1.75. The van der Waals surface area contributed by atoms with Gasteiger partial charge in [0.05, 0.1) is 17.3 Å². The normalized spacial score (nSPS) is 15.8. The minimum atomic E-state index is -3.97. The molecular weight excluding hydrogens is 364 g/mol. The van der Waals surface area contributed by atoms with Crippen LogP contribution in [0.25, 0.3) is 0 Å². The van der Waals surface area contributed by atoms with Gasteiger partial charge in [-0.3, -0.25) is 4.68 Å². The third-order valence-corrected chi connectivity index (χ3v) is 7.50. The Bertz CT molecular complexity index is 901. The number of aryl methyl sites for hydroxylation is 1. The van der Waals surface area contributed by atoms with Crippen LogP contribution in [-0.2, 0) is 30.0 Å². The van der Waals surface area contributed by atoms with Crippen molar-refractivity contribution in [3.63, 3.8) is 0 Å². The molecule has 3 rings (SSSR count). The summed E-state index contributed by atoms with van der Waals surface area (Å²) >= 11 is 1.03. The zero-order valence-electron chi connectivity index (χ0n) is 13.9. The first-order valence-electron chi connectivity index (χ1n) is 7.94. The number of sulfonamides is 1. The summed E-state index contributed by atoms with van der Waals surface area (Å²) in [6.45, 7) is 3.00. The fraction of sp³-hybridized carbons (Fsp3) is 0.467. The number of carbonyl (C=O) groups is 1. The summed E-state index contributed by atoms with van der Waals surface area (Å²) in [6, 6.07) is 1.27. The Labute approximate surface area is 149 Å². The van der Waals surface area contributed by atoms with E-state index in [1.165, 1.54) is 0 Å². The molecule has 3 N–H and O–H groups in total. The molecular formula is C15H20N4O4S2. The third-order valence-electron chi connectivity index (χ3n) is 4.28. The van der Waals surface area contributed by atoms with Crippen molar-refractivity contribution in [3.8, 4) is 0 Å². The lowest BCUT2D eigenvalue weighted by Gasteiger charge is -2.17. The van der Waals surface area contributed by atoms with Crippen LogP contribution < -0.4 is 10.0 Å². The van der Waals surface area contributed by atoms with Crippen LogP contribution in [0.3, 0.4) is 0 Å². The lowest BCUT2D eigenvalue weighted by molar-refractivity contribution is 0.0692. The summed E-state index contributed by atoms with van der Waals surface area (Å²) in [5.74, 6) is -1.20. The van der Waals surface area contributed by atoms with E-state index in [2.05, 4.69) is 15.1 Å². The number of nitrogens with one attached hydrogen (secondary N) is 2. The van der Waals surface area contributed by atoms with Crippen molar-refractivity contribution in [2.75, 3.05) is 6.54 Å². The van der Waals surface area contributed by atoms with Gasteiger partial charge in [0.2, 0.25) is 0 Å². The maximum absolute atomic E-state index is 12.9. The van der Waals surface area contributed by atoms with E-state index in [0.29, 0.717) is 31.5 Å². The molecule has 3 heterocycles. The SMILES string of the molecule is CCC(NS(=O)(=O)c1sc2c(c1C(=O)O)CCNC2)c1ccnn1C. The first kappa shape index (κ1) is 18.1. The second-order valence-electron chi connectivity index (χ2n) is 5.86.